The van der Waals surface area contributed by atoms with E-state index < -0.39 is 0 Å². The Balaban J connectivity index is 2.16. The first-order valence-electron chi connectivity index (χ1n) is 5.85. The number of amides is 1. The molecule has 2 rings (SSSR count). The maximum atomic E-state index is 12.1. The van der Waals surface area contributed by atoms with Crippen molar-refractivity contribution in [1.82, 2.24) is 0 Å². The van der Waals surface area contributed by atoms with Gasteiger partial charge in [-0.3, -0.25) is 4.79 Å². The molecular weight excluding hydrogens is 358 g/mol. The van der Waals surface area contributed by atoms with E-state index in [2.05, 4.69) is 26.4 Å². The predicted octanol–water partition coefficient (Wildman–Crippen LogP) is 3.45. The molecule has 0 radical (unpaired) electrons. The minimum Gasteiger partial charge on any atom is -0.409 e. The van der Waals surface area contributed by atoms with Gasteiger partial charge in [0, 0.05) is 26.3 Å². The number of carbonyl (C=O) groups is 1. The summed E-state index contributed by atoms with van der Waals surface area (Å²) in [4.78, 5) is 12.1. The Morgan fingerprint density at radius 3 is 2.43 bits per heavy atom. The van der Waals surface area contributed by atoms with Gasteiger partial charge in [0.15, 0.2) is 5.84 Å². The second-order valence-corrected chi connectivity index (χ2v) is 5.53. The Kier molecular flexibility index (Phi) is 4.82. The summed E-state index contributed by atoms with van der Waals surface area (Å²) in [6, 6.07) is 11.5. The van der Waals surface area contributed by atoms with Crippen molar-refractivity contribution >= 4 is 45.0 Å². The number of amidine groups is 1. The second kappa shape index (κ2) is 6.60. The van der Waals surface area contributed by atoms with Crippen LogP contribution in [-0.2, 0) is 0 Å². The average Bonchev–Trinajstić information content (AvgIpc) is 2.46. The summed E-state index contributed by atoms with van der Waals surface area (Å²) < 4.78 is 0.724. The van der Waals surface area contributed by atoms with E-state index in [1.807, 2.05) is 0 Å². The summed E-state index contributed by atoms with van der Waals surface area (Å²) in [6.45, 7) is 0. The molecule has 0 heterocycles. The molecule has 108 valence electrons. The van der Waals surface area contributed by atoms with Gasteiger partial charge in [-0.2, -0.15) is 0 Å². The standard InChI is InChI=1S/C14H11BrClN3O2/c15-10-5-9(6-11(16)7-10)14(20)18-12-3-1-8(2-4-12)13(17)19-21/h1-7,21H,(H2,17,19)(H,18,20). The molecule has 5 nitrogen and oxygen atoms in total. The number of rotatable bonds is 3. The van der Waals surface area contributed by atoms with E-state index in [0.717, 1.165) is 4.47 Å². The highest BCUT2D eigenvalue weighted by Gasteiger charge is 2.08. The summed E-state index contributed by atoms with van der Waals surface area (Å²) in [5.41, 5.74) is 7.05. The Morgan fingerprint density at radius 2 is 1.86 bits per heavy atom. The van der Waals surface area contributed by atoms with Crippen LogP contribution in [0.25, 0.3) is 0 Å². The molecule has 0 aliphatic carbocycles. The van der Waals surface area contributed by atoms with E-state index in [4.69, 9.17) is 22.5 Å². The van der Waals surface area contributed by atoms with E-state index in [-0.39, 0.29) is 11.7 Å². The van der Waals surface area contributed by atoms with Gasteiger partial charge in [0.05, 0.1) is 0 Å². The molecule has 1 amide bonds. The van der Waals surface area contributed by atoms with Crippen LogP contribution in [0.1, 0.15) is 15.9 Å². The molecular formula is C14H11BrClN3O2. The van der Waals surface area contributed by atoms with Crippen molar-refractivity contribution in [2.45, 2.75) is 0 Å². The number of hydrogen-bond donors (Lipinski definition) is 3. The molecule has 0 aromatic heterocycles. The molecule has 0 bridgehead atoms. The van der Waals surface area contributed by atoms with Crippen LogP contribution < -0.4 is 11.1 Å². The van der Waals surface area contributed by atoms with Gasteiger partial charge in [-0.15, -0.1) is 0 Å². The van der Waals surface area contributed by atoms with Crippen LogP contribution in [0, 0.1) is 0 Å². The Morgan fingerprint density at radius 1 is 1.19 bits per heavy atom. The predicted molar refractivity (Wildman–Crippen MR) is 86.1 cm³/mol. The number of carbonyl (C=O) groups excluding carboxylic acids is 1. The fourth-order valence-electron chi connectivity index (χ4n) is 1.67. The molecule has 0 saturated carbocycles. The van der Waals surface area contributed by atoms with Crippen molar-refractivity contribution in [2.75, 3.05) is 5.32 Å². The zero-order valence-corrected chi connectivity index (χ0v) is 13.0. The minimum absolute atomic E-state index is 0.00616. The number of benzene rings is 2. The van der Waals surface area contributed by atoms with Crippen molar-refractivity contribution in [1.29, 1.82) is 0 Å². The van der Waals surface area contributed by atoms with Gasteiger partial charge in [0.1, 0.15) is 0 Å². The lowest BCUT2D eigenvalue weighted by molar-refractivity contribution is 0.102. The monoisotopic (exact) mass is 367 g/mol. The molecule has 0 aliphatic heterocycles. The third kappa shape index (κ3) is 3.96. The summed E-state index contributed by atoms with van der Waals surface area (Å²) in [6.07, 6.45) is 0. The number of halogens is 2. The van der Waals surface area contributed by atoms with E-state index >= 15 is 0 Å². The summed E-state index contributed by atoms with van der Waals surface area (Å²) >= 11 is 9.19. The SMILES string of the molecule is N/C(=N/O)c1ccc(NC(=O)c2cc(Cl)cc(Br)c2)cc1. The van der Waals surface area contributed by atoms with Crippen LogP contribution in [0.4, 0.5) is 5.69 Å². The van der Waals surface area contributed by atoms with E-state index in [1.165, 1.54) is 0 Å². The molecule has 0 atom stereocenters. The van der Waals surface area contributed by atoms with Gasteiger partial charge in [-0.05, 0) is 42.5 Å². The third-order valence-electron chi connectivity index (χ3n) is 2.67. The zero-order chi connectivity index (χ0) is 15.4. The number of anilines is 1. The fraction of sp³-hybridized carbons (Fsp3) is 0. The number of hydrogen-bond acceptors (Lipinski definition) is 3. The van der Waals surface area contributed by atoms with Crippen LogP contribution >= 0.6 is 27.5 Å². The molecule has 0 aliphatic rings. The topological polar surface area (TPSA) is 87.7 Å². The Hall–Kier alpha value is -2.05. The molecule has 7 heteroatoms. The fourth-order valence-corrected chi connectivity index (χ4v) is 2.53. The van der Waals surface area contributed by atoms with Crippen LogP contribution in [0.3, 0.4) is 0 Å². The lowest BCUT2D eigenvalue weighted by atomic mass is 10.1. The lowest BCUT2D eigenvalue weighted by Crippen LogP contribution is -2.14. The number of oxime groups is 1. The molecule has 21 heavy (non-hydrogen) atoms. The molecule has 0 saturated heterocycles. The van der Waals surface area contributed by atoms with Gasteiger partial charge in [0.2, 0.25) is 0 Å². The maximum Gasteiger partial charge on any atom is 0.255 e. The lowest BCUT2D eigenvalue weighted by Gasteiger charge is -2.07. The van der Waals surface area contributed by atoms with Gasteiger partial charge < -0.3 is 16.3 Å². The summed E-state index contributed by atoms with van der Waals surface area (Å²) in [5.74, 6) is -0.276. The van der Waals surface area contributed by atoms with Crippen molar-refractivity contribution in [3.05, 3.63) is 63.1 Å². The maximum absolute atomic E-state index is 12.1. The first-order valence-corrected chi connectivity index (χ1v) is 7.02. The smallest absolute Gasteiger partial charge is 0.255 e. The Labute approximate surface area is 134 Å². The zero-order valence-electron chi connectivity index (χ0n) is 10.7. The normalized spacial score (nSPS) is 11.2. The minimum atomic E-state index is -0.283. The van der Waals surface area contributed by atoms with Crippen molar-refractivity contribution in [3.8, 4) is 0 Å². The van der Waals surface area contributed by atoms with Crippen molar-refractivity contribution in [3.63, 3.8) is 0 Å². The number of nitrogens with zero attached hydrogens (tertiary/aromatic N) is 1. The molecule has 2 aromatic carbocycles. The average molecular weight is 369 g/mol. The first kappa shape index (κ1) is 15.3. The molecule has 0 fully saturated rings. The first-order chi connectivity index (χ1) is 9.99. The third-order valence-corrected chi connectivity index (χ3v) is 3.35. The van der Waals surface area contributed by atoms with Crippen LogP contribution in [0.2, 0.25) is 5.02 Å². The van der Waals surface area contributed by atoms with Crippen LogP contribution in [0.5, 0.6) is 0 Å². The van der Waals surface area contributed by atoms with E-state index in [9.17, 15) is 4.79 Å². The van der Waals surface area contributed by atoms with Crippen molar-refractivity contribution < 1.29 is 10.0 Å². The largest absolute Gasteiger partial charge is 0.409 e. The van der Waals surface area contributed by atoms with Gasteiger partial charge in [-0.25, -0.2) is 0 Å². The molecule has 0 spiro atoms. The Bertz CT molecular complexity index is 682. The van der Waals surface area contributed by atoms with Gasteiger partial charge in [-0.1, -0.05) is 32.7 Å². The second-order valence-electron chi connectivity index (χ2n) is 4.17. The highest BCUT2D eigenvalue weighted by atomic mass is 79.9. The quantitative estimate of drug-likeness (QED) is 0.335. The van der Waals surface area contributed by atoms with E-state index in [0.29, 0.717) is 21.8 Å². The van der Waals surface area contributed by atoms with Crippen LogP contribution in [-0.4, -0.2) is 17.0 Å². The van der Waals surface area contributed by atoms with E-state index in [1.54, 1.807) is 42.5 Å². The van der Waals surface area contributed by atoms with Gasteiger partial charge in [0.25, 0.3) is 5.91 Å². The van der Waals surface area contributed by atoms with Gasteiger partial charge >= 0.3 is 0 Å². The highest BCUT2D eigenvalue weighted by Crippen LogP contribution is 2.20. The number of nitrogens with one attached hydrogen (secondary N) is 1. The number of nitrogens with two attached hydrogens (primary N) is 1. The van der Waals surface area contributed by atoms with Crippen molar-refractivity contribution in [2.24, 2.45) is 10.9 Å². The highest BCUT2D eigenvalue weighted by molar-refractivity contribution is 9.10. The molecule has 2 aromatic rings. The summed E-state index contributed by atoms with van der Waals surface area (Å²) in [7, 11) is 0. The molecule has 0 unspecified atom stereocenters. The molecule has 4 N–H and O–H groups in total. The summed E-state index contributed by atoms with van der Waals surface area (Å²) in [5, 5.41) is 14.7. The van der Waals surface area contributed by atoms with Crippen LogP contribution in [0.15, 0.2) is 52.1 Å².